The van der Waals surface area contributed by atoms with Crippen molar-refractivity contribution in [2.45, 2.75) is 287 Å². The predicted molar refractivity (Wildman–Crippen MR) is 351 cm³/mol. The van der Waals surface area contributed by atoms with Gasteiger partial charge in [-0.25, -0.2) is 0 Å². The molecule has 0 aliphatic carbocycles. The summed E-state index contributed by atoms with van der Waals surface area (Å²) in [5, 5.41) is 14.2. The van der Waals surface area contributed by atoms with Gasteiger partial charge in [0.1, 0.15) is 25.9 Å². The number of ether oxygens (including phenoxy) is 8. The Kier molecular flexibility index (Phi) is 46.6. The van der Waals surface area contributed by atoms with Gasteiger partial charge in [-0.1, -0.05) is 90.0 Å². The average molecular weight is 1220 g/mol. The summed E-state index contributed by atoms with van der Waals surface area (Å²) in [5.41, 5.74) is -0.337. The molecule has 0 aromatic carbocycles. The van der Waals surface area contributed by atoms with Gasteiger partial charge in [0.05, 0.1) is 73.2 Å². The van der Waals surface area contributed by atoms with Gasteiger partial charge in [0, 0.05) is 38.6 Å². The van der Waals surface area contributed by atoms with E-state index in [4.69, 9.17) is 37.9 Å². The van der Waals surface area contributed by atoms with E-state index in [0.29, 0.717) is 70.1 Å². The predicted octanol–water partition coefficient (Wildman–Crippen LogP) is 12.2. The zero-order chi connectivity index (χ0) is 68.0. The molecule has 5 amide bonds. The van der Waals surface area contributed by atoms with Crippen molar-refractivity contribution in [1.29, 1.82) is 0 Å². The number of hydrogen-bond acceptors (Lipinski definition) is 13. The Morgan fingerprint density at radius 2 is 0.612 bits per heavy atom. The number of carbonyl (C=O) groups is 5. The Labute approximate surface area is 522 Å². The van der Waals surface area contributed by atoms with Crippen molar-refractivity contribution in [2.75, 3.05) is 92.2 Å². The van der Waals surface area contributed by atoms with Crippen molar-refractivity contribution in [3.05, 3.63) is 0 Å². The topological polar surface area (TPSA) is 219 Å². The van der Waals surface area contributed by atoms with Crippen molar-refractivity contribution in [1.82, 2.24) is 26.6 Å². The van der Waals surface area contributed by atoms with E-state index in [2.05, 4.69) is 110 Å². The van der Waals surface area contributed by atoms with E-state index in [9.17, 15) is 24.0 Å². The van der Waals surface area contributed by atoms with E-state index in [1.54, 1.807) is 6.92 Å². The number of hydrogen-bond donors (Lipinski definition) is 5. The highest BCUT2D eigenvalue weighted by Gasteiger charge is 2.21. The van der Waals surface area contributed by atoms with E-state index < -0.39 is 6.10 Å². The maximum Gasteiger partial charge on any atom is 0.248 e. The summed E-state index contributed by atoms with van der Waals surface area (Å²) < 4.78 is 43.4. The molecule has 0 spiro atoms. The van der Waals surface area contributed by atoms with Crippen LogP contribution in [0.3, 0.4) is 0 Å². The summed E-state index contributed by atoms with van der Waals surface area (Å²) in [4.78, 5) is 57.6. The second kappa shape index (κ2) is 43.7. The van der Waals surface area contributed by atoms with Gasteiger partial charge >= 0.3 is 0 Å². The van der Waals surface area contributed by atoms with Crippen molar-refractivity contribution >= 4 is 29.5 Å². The fourth-order valence-electron chi connectivity index (χ4n) is 5.54. The summed E-state index contributed by atoms with van der Waals surface area (Å²) in [6.45, 7) is 71.5. The number of carbonyl (C=O) groups excluding carboxylic acids is 5. The Bertz CT molecular complexity index is 1740. The molecule has 0 bridgehead atoms. The third-order valence-corrected chi connectivity index (χ3v) is 10.4. The van der Waals surface area contributed by atoms with Crippen LogP contribution in [0.4, 0.5) is 0 Å². The van der Waals surface area contributed by atoms with Gasteiger partial charge in [0.2, 0.25) is 29.5 Å². The van der Waals surface area contributed by atoms with Crippen LogP contribution in [0.25, 0.3) is 0 Å². The second-order valence-corrected chi connectivity index (χ2v) is 32.5. The minimum Gasteiger partial charge on any atom is -0.377 e. The van der Waals surface area contributed by atoms with Gasteiger partial charge in [0.15, 0.2) is 0 Å². The minimum absolute atomic E-state index is 0.0332. The summed E-state index contributed by atoms with van der Waals surface area (Å²) in [6.07, 6.45) is 3.67. The number of rotatable bonds is 28. The molecule has 0 aliphatic rings. The largest absolute Gasteiger partial charge is 0.377 e. The SMILES string of the molecule is CC(C)(C)CCNC(=O)COC(C)(C)C.CC(C)(C)OCCNC(=O)COC(C)(C)C.CC(C)(C)OCCOCCNC(=O)COC(C)(C)C.C[C@H](CCC(C)(C)C)C(=O)NCCC(C)(C)C.C[C@H](OCC(C)(C)C)C(=O)NCCOC(C)(C)C. The fraction of sp³-hybridized carbons (Fsp3) is 0.925. The average Bonchev–Trinajstić information content (AvgIpc) is 3.28. The third-order valence-electron chi connectivity index (χ3n) is 10.4. The van der Waals surface area contributed by atoms with Crippen LogP contribution in [0.1, 0.15) is 247 Å². The molecule has 0 radical (unpaired) electrons. The summed E-state index contributed by atoms with van der Waals surface area (Å²) in [6, 6.07) is 0. The van der Waals surface area contributed by atoms with Gasteiger partial charge in [-0.05, 0) is 179 Å². The molecule has 0 rings (SSSR count). The molecule has 0 saturated carbocycles. The van der Waals surface area contributed by atoms with Crippen LogP contribution in [0.2, 0.25) is 0 Å². The van der Waals surface area contributed by atoms with Gasteiger partial charge in [0.25, 0.3) is 0 Å². The van der Waals surface area contributed by atoms with E-state index >= 15 is 0 Å². The molecule has 510 valence electrons. The minimum atomic E-state index is -0.418. The van der Waals surface area contributed by atoms with E-state index in [0.717, 1.165) is 38.8 Å². The van der Waals surface area contributed by atoms with Crippen molar-refractivity contribution in [3.8, 4) is 0 Å². The first-order chi connectivity index (χ1) is 37.8. The number of nitrogens with one attached hydrogen (secondary N) is 5. The highest BCUT2D eigenvalue weighted by atomic mass is 16.5. The van der Waals surface area contributed by atoms with Crippen LogP contribution >= 0.6 is 0 Å². The Balaban J connectivity index is -0.000000314. The van der Waals surface area contributed by atoms with Crippen molar-refractivity contribution in [3.63, 3.8) is 0 Å². The first kappa shape index (κ1) is 90.8. The van der Waals surface area contributed by atoms with Crippen LogP contribution in [-0.2, 0) is 61.9 Å². The molecule has 2 atom stereocenters. The lowest BCUT2D eigenvalue weighted by atomic mass is 9.87. The summed E-state index contributed by atoms with van der Waals surface area (Å²) in [7, 11) is 0. The Morgan fingerprint density at radius 1 is 0.318 bits per heavy atom. The highest BCUT2D eigenvalue weighted by molar-refractivity contribution is 5.80. The molecular formula is C67H139N5O13. The van der Waals surface area contributed by atoms with Gasteiger partial charge in [-0.3, -0.25) is 24.0 Å². The molecule has 0 fully saturated rings. The monoisotopic (exact) mass is 1220 g/mol. The molecule has 0 heterocycles. The molecule has 18 nitrogen and oxygen atoms in total. The molecule has 85 heavy (non-hydrogen) atoms. The van der Waals surface area contributed by atoms with Gasteiger partial charge < -0.3 is 64.5 Å². The third kappa shape index (κ3) is 87.6. The summed E-state index contributed by atoms with van der Waals surface area (Å²) >= 11 is 0. The van der Waals surface area contributed by atoms with Crippen LogP contribution in [0.5, 0.6) is 0 Å². The summed E-state index contributed by atoms with van der Waals surface area (Å²) in [5.74, 6) is -0.00414. The van der Waals surface area contributed by atoms with Crippen molar-refractivity contribution < 1.29 is 61.9 Å². The lowest BCUT2D eigenvalue weighted by Crippen LogP contribution is -2.38. The lowest BCUT2D eigenvalue weighted by Gasteiger charge is -2.22. The number of amides is 5. The van der Waals surface area contributed by atoms with Crippen LogP contribution < -0.4 is 26.6 Å². The molecule has 0 aliphatic heterocycles. The van der Waals surface area contributed by atoms with E-state index in [1.165, 1.54) is 0 Å². The first-order valence-corrected chi connectivity index (χ1v) is 31.2. The van der Waals surface area contributed by atoms with E-state index in [-0.39, 0.29) is 99.7 Å². The molecule has 0 unspecified atom stereocenters. The molecule has 0 aromatic rings. The molecule has 0 saturated heterocycles. The van der Waals surface area contributed by atoms with E-state index in [1.807, 2.05) is 132 Å². The molecule has 5 N–H and O–H groups in total. The molecule has 18 heteroatoms. The van der Waals surface area contributed by atoms with Crippen LogP contribution in [-0.4, -0.2) is 161 Å². The smallest absolute Gasteiger partial charge is 0.248 e. The lowest BCUT2D eigenvalue weighted by molar-refractivity contribution is -0.134. The zero-order valence-corrected chi connectivity index (χ0v) is 61.2. The van der Waals surface area contributed by atoms with Crippen LogP contribution in [0, 0.1) is 27.6 Å². The standard InChI is InChI=1S/C15H31NO.C14H29NO4.C14H29NO3.C12H25NO3.C12H25NO2/c1-12(8-9-14(2,3)4)13(17)16-11-10-15(5,6)7;1-13(2,3)18-10-9-17-8-7-15-12(16)11-19-14(4,5)6;1-11(17-10-13(2,3)4)12(16)15-8-9-18-14(5,6)7;1-11(2,3)15-8-7-13-10(14)9-16-12(4,5)6;1-11(2,3)7-8-13-10(14)9-15-12(4,5)6/h12H,8-11H2,1-7H3,(H,16,17);7-11H2,1-6H3,(H,15,16);11H,8-10H2,1-7H3,(H,15,16);7-9H2,1-6H3,(H,13,14);7-9H2,1-6H3,(H,13,14)/t12-;;11-;;/m1.0../s1. The second-order valence-electron chi connectivity index (χ2n) is 32.5. The van der Waals surface area contributed by atoms with Crippen LogP contribution in [0.15, 0.2) is 0 Å². The Hall–Kier alpha value is -2.97. The van der Waals surface area contributed by atoms with Gasteiger partial charge in [-0.15, -0.1) is 0 Å². The maximum absolute atomic E-state index is 11.8. The first-order valence-electron chi connectivity index (χ1n) is 31.2. The maximum atomic E-state index is 11.8. The molecular weight excluding hydrogens is 1080 g/mol. The highest BCUT2D eigenvalue weighted by Crippen LogP contribution is 2.24. The fourth-order valence-corrected chi connectivity index (χ4v) is 5.54. The normalized spacial score (nSPS) is 13.4. The molecule has 0 aromatic heterocycles. The van der Waals surface area contributed by atoms with Gasteiger partial charge in [-0.2, -0.15) is 0 Å². The quantitative estimate of drug-likeness (QED) is 0.0461. The van der Waals surface area contributed by atoms with Crippen molar-refractivity contribution in [2.24, 2.45) is 27.6 Å². The zero-order valence-electron chi connectivity index (χ0n) is 61.2. The Morgan fingerprint density at radius 3 is 0.941 bits per heavy atom.